The van der Waals surface area contributed by atoms with E-state index < -0.39 is 0 Å². The predicted octanol–water partition coefficient (Wildman–Crippen LogP) is 4.78. The van der Waals surface area contributed by atoms with E-state index >= 15 is 0 Å². The van der Waals surface area contributed by atoms with Gasteiger partial charge in [0.05, 0.1) is 10.6 Å². The third kappa shape index (κ3) is 3.09. The molecule has 4 rings (SSSR count). The van der Waals surface area contributed by atoms with E-state index in [1.807, 2.05) is 42.6 Å². The van der Waals surface area contributed by atoms with Crippen molar-refractivity contribution in [3.63, 3.8) is 0 Å². The van der Waals surface area contributed by atoms with Gasteiger partial charge in [0, 0.05) is 10.6 Å². The van der Waals surface area contributed by atoms with Crippen molar-refractivity contribution in [1.82, 2.24) is 4.98 Å². The summed E-state index contributed by atoms with van der Waals surface area (Å²) in [6.07, 6.45) is 0. The number of oxazole rings is 1. The molecule has 0 amide bonds. The Bertz CT molecular complexity index is 811. The number of hydrogen-bond acceptors (Lipinski definition) is 6. The van der Waals surface area contributed by atoms with Crippen molar-refractivity contribution in [2.45, 2.75) is 17.6 Å². The van der Waals surface area contributed by atoms with Gasteiger partial charge < -0.3 is 13.9 Å². The van der Waals surface area contributed by atoms with Crippen LogP contribution >= 0.6 is 23.1 Å². The van der Waals surface area contributed by atoms with Crippen LogP contribution in [-0.2, 0) is 5.75 Å². The molecule has 2 aromatic heterocycles. The van der Waals surface area contributed by atoms with E-state index in [4.69, 9.17) is 13.9 Å². The van der Waals surface area contributed by atoms with E-state index in [1.54, 1.807) is 23.1 Å². The Balaban J connectivity index is 1.49. The summed E-state index contributed by atoms with van der Waals surface area (Å²) >= 11 is 3.35. The maximum absolute atomic E-state index is 5.78. The lowest BCUT2D eigenvalue weighted by Crippen LogP contribution is -2.15. The maximum Gasteiger partial charge on any atom is 0.236 e. The molecule has 0 N–H and O–H groups in total. The molecule has 3 aromatic rings. The minimum Gasteiger partial charge on any atom is -0.486 e. The molecule has 0 bridgehead atoms. The van der Waals surface area contributed by atoms with Crippen LogP contribution in [0.2, 0.25) is 0 Å². The van der Waals surface area contributed by atoms with Gasteiger partial charge in [-0.05, 0) is 36.6 Å². The zero-order valence-electron chi connectivity index (χ0n) is 12.6. The molecule has 0 atom stereocenters. The van der Waals surface area contributed by atoms with Gasteiger partial charge in [-0.2, -0.15) is 0 Å². The van der Waals surface area contributed by atoms with Gasteiger partial charge >= 0.3 is 0 Å². The fourth-order valence-corrected chi connectivity index (χ4v) is 3.91. The lowest BCUT2D eigenvalue weighted by atomic mass is 10.3. The monoisotopic (exact) mass is 345 g/mol. The molecule has 4 nitrogen and oxygen atoms in total. The van der Waals surface area contributed by atoms with E-state index in [2.05, 4.69) is 4.98 Å². The lowest BCUT2D eigenvalue weighted by molar-refractivity contribution is 0.171. The maximum atomic E-state index is 5.78. The highest BCUT2D eigenvalue weighted by Crippen LogP contribution is 2.36. The van der Waals surface area contributed by atoms with Crippen LogP contribution in [0, 0.1) is 6.92 Å². The van der Waals surface area contributed by atoms with E-state index in [9.17, 15) is 0 Å². The molecule has 0 radical (unpaired) electrons. The third-order valence-corrected chi connectivity index (χ3v) is 5.38. The number of thiophene rings is 1. The van der Waals surface area contributed by atoms with Gasteiger partial charge in [-0.1, -0.05) is 6.07 Å². The standard InChI is InChI=1S/C17H15NO3S2/c1-11-13(18-17(21-11)16-3-2-8-22-16)10-23-12-4-5-14-15(9-12)20-7-6-19-14/h2-5,8-9H,6-7,10H2,1H3. The molecule has 3 heterocycles. The zero-order chi connectivity index (χ0) is 15.6. The topological polar surface area (TPSA) is 44.5 Å². The Labute approximate surface area is 142 Å². The van der Waals surface area contributed by atoms with Crippen LogP contribution in [-0.4, -0.2) is 18.2 Å². The van der Waals surface area contributed by atoms with E-state index in [0.29, 0.717) is 19.1 Å². The van der Waals surface area contributed by atoms with Gasteiger partial charge in [-0.25, -0.2) is 4.98 Å². The first-order valence-corrected chi connectivity index (χ1v) is 9.19. The summed E-state index contributed by atoms with van der Waals surface area (Å²) in [6, 6.07) is 10.1. The molecular formula is C17H15NO3S2. The van der Waals surface area contributed by atoms with Crippen LogP contribution in [0.15, 0.2) is 45.0 Å². The molecule has 118 valence electrons. The molecular weight excluding hydrogens is 330 g/mol. The highest BCUT2D eigenvalue weighted by Gasteiger charge is 2.14. The van der Waals surface area contributed by atoms with Crippen molar-refractivity contribution in [2.24, 2.45) is 0 Å². The molecule has 0 unspecified atom stereocenters. The number of benzene rings is 1. The second-order valence-corrected chi connectivity index (χ2v) is 7.09. The number of aryl methyl sites for hydroxylation is 1. The van der Waals surface area contributed by atoms with Crippen molar-refractivity contribution in [2.75, 3.05) is 13.2 Å². The number of nitrogens with zero attached hydrogens (tertiary/aromatic N) is 1. The molecule has 1 aliphatic heterocycles. The quantitative estimate of drug-likeness (QED) is 0.637. The Morgan fingerprint density at radius 1 is 1.17 bits per heavy atom. The Kier molecular flexibility index (Phi) is 4.01. The van der Waals surface area contributed by atoms with Gasteiger partial charge in [-0.15, -0.1) is 23.1 Å². The van der Waals surface area contributed by atoms with Gasteiger partial charge in [0.2, 0.25) is 5.89 Å². The first kappa shape index (κ1) is 14.7. The van der Waals surface area contributed by atoms with Crippen LogP contribution in [0.5, 0.6) is 11.5 Å². The summed E-state index contributed by atoms with van der Waals surface area (Å²) in [7, 11) is 0. The van der Waals surface area contributed by atoms with Crippen molar-refractivity contribution in [3.05, 3.63) is 47.2 Å². The van der Waals surface area contributed by atoms with Gasteiger partial charge in [0.1, 0.15) is 19.0 Å². The number of fused-ring (bicyclic) bond motifs is 1. The van der Waals surface area contributed by atoms with E-state index in [-0.39, 0.29) is 0 Å². The SMILES string of the molecule is Cc1oc(-c2cccs2)nc1CSc1ccc2c(c1)OCCO2. The lowest BCUT2D eigenvalue weighted by Gasteiger charge is -2.18. The van der Waals surface area contributed by atoms with Crippen LogP contribution < -0.4 is 9.47 Å². The minimum absolute atomic E-state index is 0.605. The summed E-state index contributed by atoms with van der Waals surface area (Å²) in [5.74, 6) is 3.98. The molecule has 1 aromatic carbocycles. The highest BCUT2D eigenvalue weighted by molar-refractivity contribution is 7.98. The molecule has 6 heteroatoms. The Morgan fingerprint density at radius 3 is 2.87 bits per heavy atom. The predicted molar refractivity (Wildman–Crippen MR) is 91.5 cm³/mol. The molecule has 1 aliphatic rings. The second-order valence-electron chi connectivity index (χ2n) is 5.09. The molecule has 0 spiro atoms. The van der Waals surface area contributed by atoms with Crippen molar-refractivity contribution in [1.29, 1.82) is 0 Å². The minimum atomic E-state index is 0.605. The summed E-state index contributed by atoms with van der Waals surface area (Å²) < 4.78 is 16.9. The number of thioether (sulfide) groups is 1. The normalized spacial score (nSPS) is 13.3. The fraction of sp³-hybridized carbons (Fsp3) is 0.235. The molecule has 0 fully saturated rings. The van der Waals surface area contributed by atoms with Crippen LogP contribution in [0.25, 0.3) is 10.8 Å². The highest BCUT2D eigenvalue weighted by atomic mass is 32.2. The molecule has 0 saturated carbocycles. The average Bonchev–Trinajstić information content (AvgIpc) is 3.22. The summed E-state index contributed by atoms with van der Waals surface area (Å²) in [5.41, 5.74) is 0.980. The second kappa shape index (κ2) is 6.29. The summed E-state index contributed by atoms with van der Waals surface area (Å²) in [5, 5.41) is 2.03. The number of rotatable bonds is 4. The fourth-order valence-electron chi connectivity index (χ4n) is 2.33. The van der Waals surface area contributed by atoms with Gasteiger partial charge in [-0.3, -0.25) is 0 Å². The molecule has 0 aliphatic carbocycles. The summed E-state index contributed by atoms with van der Waals surface area (Å²) in [6.45, 7) is 3.18. The molecule has 0 saturated heterocycles. The first-order valence-electron chi connectivity index (χ1n) is 7.32. The van der Waals surface area contributed by atoms with Crippen molar-refractivity contribution in [3.8, 4) is 22.3 Å². The van der Waals surface area contributed by atoms with Gasteiger partial charge in [0.25, 0.3) is 0 Å². The van der Waals surface area contributed by atoms with Crippen LogP contribution in [0.1, 0.15) is 11.5 Å². The van der Waals surface area contributed by atoms with Crippen molar-refractivity contribution < 1.29 is 13.9 Å². The largest absolute Gasteiger partial charge is 0.486 e. The Hall–Kier alpha value is -1.92. The zero-order valence-corrected chi connectivity index (χ0v) is 14.2. The summed E-state index contributed by atoms with van der Waals surface area (Å²) in [4.78, 5) is 6.81. The Morgan fingerprint density at radius 2 is 2.04 bits per heavy atom. The molecule has 23 heavy (non-hydrogen) atoms. The smallest absolute Gasteiger partial charge is 0.236 e. The van der Waals surface area contributed by atoms with E-state index in [1.165, 1.54) is 0 Å². The number of hydrogen-bond donors (Lipinski definition) is 0. The number of ether oxygens (including phenoxy) is 2. The van der Waals surface area contributed by atoms with E-state index in [0.717, 1.165) is 38.5 Å². The van der Waals surface area contributed by atoms with Crippen molar-refractivity contribution >= 4 is 23.1 Å². The van der Waals surface area contributed by atoms with Crippen LogP contribution in [0.3, 0.4) is 0 Å². The first-order chi connectivity index (χ1) is 11.3. The third-order valence-electron chi connectivity index (χ3n) is 3.51. The number of aromatic nitrogens is 1. The van der Waals surface area contributed by atoms with Gasteiger partial charge in [0.15, 0.2) is 11.5 Å². The van der Waals surface area contributed by atoms with Crippen LogP contribution in [0.4, 0.5) is 0 Å². The average molecular weight is 345 g/mol.